The lowest BCUT2D eigenvalue weighted by Gasteiger charge is -2.13. The highest BCUT2D eigenvalue weighted by atomic mass is 15.3. The van der Waals surface area contributed by atoms with E-state index in [1.807, 2.05) is 12.3 Å². The molecule has 1 aliphatic rings. The van der Waals surface area contributed by atoms with Gasteiger partial charge in [-0.1, -0.05) is 13.3 Å². The number of aromatic nitrogens is 5. The van der Waals surface area contributed by atoms with Crippen molar-refractivity contribution in [3.8, 4) is 0 Å². The predicted molar refractivity (Wildman–Crippen MR) is 68.4 cm³/mol. The van der Waals surface area contributed by atoms with Gasteiger partial charge in [0.2, 0.25) is 0 Å². The standard InChI is InChI=1S/C13H15N5/c1-8-3-2-4-9(8)13-17-16-11-7-15-12-10(18(11)13)5-6-14-12/h5-9,14H,2-4H2,1H3. The predicted octanol–water partition coefficient (Wildman–Crippen LogP) is 2.51. The van der Waals surface area contributed by atoms with Crippen LogP contribution in [-0.4, -0.2) is 24.6 Å². The molecule has 2 unspecified atom stereocenters. The van der Waals surface area contributed by atoms with Crippen LogP contribution in [0.15, 0.2) is 18.5 Å². The van der Waals surface area contributed by atoms with Gasteiger partial charge in [-0.15, -0.1) is 10.2 Å². The highest BCUT2D eigenvalue weighted by molar-refractivity contribution is 5.74. The van der Waals surface area contributed by atoms with Gasteiger partial charge in [-0.05, 0) is 24.8 Å². The highest BCUT2D eigenvalue weighted by Crippen LogP contribution is 2.38. The number of hydrogen-bond donors (Lipinski definition) is 1. The summed E-state index contributed by atoms with van der Waals surface area (Å²) in [6.07, 6.45) is 7.51. The van der Waals surface area contributed by atoms with E-state index in [4.69, 9.17) is 0 Å². The van der Waals surface area contributed by atoms with E-state index >= 15 is 0 Å². The molecule has 1 fully saturated rings. The van der Waals surface area contributed by atoms with Gasteiger partial charge in [-0.2, -0.15) is 0 Å². The van der Waals surface area contributed by atoms with E-state index in [1.165, 1.54) is 19.3 Å². The molecule has 92 valence electrons. The van der Waals surface area contributed by atoms with Crippen LogP contribution in [0, 0.1) is 5.92 Å². The molecule has 0 amide bonds. The lowest BCUT2D eigenvalue weighted by molar-refractivity contribution is 0.507. The number of nitrogens with zero attached hydrogens (tertiary/aromatic N) is 4. The molecule has 1 saturated carbocycles. The number of nitrogens with one attached hydrogen (secondary N) is 1. The van der Waals surface area contributed by atoms with Crippen LogP contribution < -0.4 is 0 Å². The SMILES string of the molecule is CC1CCCC1c1nnc2cnc3[nH]ccc3n12. The Kier molecular flexibility index (Phi) is 1.98. The maximum absolute atomic E-state index is 4.42. The molecule has 18 heavy (non-hydrogen) atoms. The zero-order valence-corrected chi connectivity index (χ0v) is 10.3. The van der Waals surface area contributed by atoms with Gasteiger partial charge in [0.1, 0.15) is 5.82 Å². The molecule has 0 spiro atoms. The lowest BCUT2D eigenvalue weighted by atomic mass is 9.97. The molecule has 3 heterocycles. The average Bonchev–Trinajstić information content (AvgIpc) is 3.04. The summed E-state index contributed by atoms with van der Waals surface area (Å²) in [5.41, 5.74) is 2.82. The van der Waals surface area contributed by atoms with Crippen molar-refractivity contribution in [2.45, 2.75) is 32.1 Å². The average molecular weight is 241 g/mol. The van der Waals surface area contributed by atoms with Gasteiger partial charge < -0.3 is 4.98 Å². The van der Waals surface area contributed by atoms with Crippen molar-refractivity contribution in [3.63, 3.8) is 0 Å². The smallest absolute Gasteiger partial charge is 0.179 e. The van der Waals surface area contributed by atoms with Gasteiger partial charge in [-0.3, -0.25) is 4.40 Å². The molecule has 2 atom stereocenters. The summed E-state index contributed by atoms with van der Waals surface area (Å²) in [6, 6.07) is 2.04. The van der Waals surface area contributed by atoms with Gasteiger partial charge in [-0.25, -0.2) is 4.98 Å². The molecule has 1 N–H and O–H groups in total. The van der Waals surface area contributed by atoms with Gasteiger partial charge >= 0.3 is 0 Å². The summed E-state index contributed by atoms with van der Waals surface area (Å²) >= 11 is 0. The third-order valence-electron chi connectivity index (χ3n) is 4.16. The molecule has 3 aromatic rings. The number of rotatable bonds is 1. The molecule has 0 bridgehead atoms. The Bertz CT molecular complexity index is 710. The first-order valence-corrected chi connectivity index (χ1v) is 6.52. The largest absolute Gasteiger partial charge is 0.345 e. The third-order valence-corrected chi connectivity index (χ3v) is 4.16. The number of hydrogen-bond acceptors (Lipinski definition) is 3. The Morgan fingerprint density at radius 1 is 1.33 bits per heavy atom. The van der Waals surface area contributed by atoms with Crippen LogP contribution in [0.4, 0.5) is 0 Å². The molecule has 0 radical (unpaired) electrons. The Labute approximate surface area is 104 Å². The molecule has 0 saturated heterocycles. The van der Waals surface area contributed by atoms with Crippen molar-refractivity contribution in [3.05, 3.63) is 24.3 Å². The van der Waals surface area contributed by atoms with Crippen LogP contribution in [0.2, 0.25) is 0 Å². The molecule has 4 rings (SSSR count). The van der Waals surface area contributed by atoms with E-state index in [0.717, 1.165) is 22.6 Å². The van der Waals surface area contributed by atoms with Crippen molar-refractivity contribution < 1.29 is 0 Å². The minimum Gasteiger partial charge on any atom is -0.345 e. The van der Waals surface area contributed by atoms with Crippen molar-refractivity contribution in [1.29, 1.82) is 0 Å². The molecule has 5 nitrogen and oxygen atoms in total. The minimum atomic E-state index is 0.528. The Morgan fingerprint density at radius 3 is 3.11 bits per heavy atom. The fourth-order valence-corrected chi connectivity index (χ4v) is 3.17. The molecular weight excluding hydrogens is 226 g/mol. The van der Waals surface area contributed by atoms with E-state index in [2.05, 4.69) is 31.5 Å². The lowest BCUT2D eigenvalue weighted by Crippen LogP contribution is -2.07. The molecular formula is C13H15N5. The van der Waals surface area contributed by atoms with Crippen molar-refractivity contribution in [2.24, 2.45) is 5.92 Å². The van der Waals surface area contributed by atoms with Crippen LogP contribution in [0.25, 0.3) is 16.8 Å². The number of aromatic amines is 1. The minimum absolute atomic E-state index is 0.528. The number of fused-ring (bicyclic) bond motifs is 3. The Balaban J connectivity index is 2.02. The molecule has 3 aromatic heterocycles. The normalized spacial score (nSPS) is 24.3. The first-order valence-electron chi connectivity index (χ1n) is 6.52. The van der Waals surface area contributed by atoms with E-state index in [-0.39, 0.29) is 0 Å². The van der Waals surface area contributed by atoms with E-state index in [0.29, 0.717) is 11.8 Å². The second-order valence-corrected chi connectivity index (χ2v) is 5.24. The quantitative estimate of drug-likeness (QED) is 0.712. The van der Waals surface area contributed by atoms with Crippen LogP contribution in [0.5, 0.6) is 0 Å². The fourth-order valence-electron chi connectivity index (χ4n) is 3.17. The first kappa shape index (κ1) is 10.1. The van der Waals surface area contributed by atoms with Crippen molar-refractivity contribution in [2.75, 3.05) is 0 Å². The van der Waals surface area contributed by atoms with Crippen LogP contribution in [0.1, 0.15) is 37.9 Å². The zero-order chi connectivity index (χ0) is 12.1. The van der Waals surface area contributed by atoms with E-state index in [9.17, 15) is 0 Å². The third kappa shape index (κ3) is 1.24. The summed E-state index contributed by atoms with van der Waals surface area (Å²) in [7, 11) is 0. The van der Waals surface area contributed by atoms with Gasteiger partial charge in [0.15, 0.2) is 11.3 Å². The van der Waals surface area contributed by atoms with Gasteiger partial charge in [0.25, 0.3) is 0 Å². The molecule has 0 aliphatic heterocycles. The van der Waals surface area contributed by atoms with Gasteiger partial charge in [0.05, 0.1) is 11.7 Å². The summed E-state index contributed by atoms with van der Waals surface area (Å²) in [6.45, 7) is 2.31. The van der Waals surface area contributed by atoms with Crippen molar-refractivity contribution in [1.82, 2.24) is 24.6 Å². The molecule has 0 aromatic carbocycles. The summed E-state index contributed by atoms with van der Waals surface area (Å²) < 4.78 is 2.16. The van der Waals surface area contributed by atoms with E-state index in [1.54, 1.807) is 6.20 Å². The second-order valence-electron chi connectivity index (χ2n) is 5.24. The summed E-state index contributed by atoms with van der Waals surface area (Å²) in [4.78, 5) is 7.49. The Hall–Kier alpha value is -1.91. The molecule has 5 heteroatoms. The first-order chi connectivity index (χ1) is 8.84. The van der Waals surface area contributed by atoms with Crippen molar-refractivity contribution >= 4 is 16.8 Å². The highest BCUT2D eigenvalue weighted by Gasteiger charge is 2.29. The van der Waals surface area contributed by atoms with Crippen LogP contribution in [0.3, 0.4) is 0 Å². The second kappa shape index (κ2) is 3.54. The molecule has 1 aliphatic carbocycles. The maximum Gasteiger partial charge on any atom is 0.179 e. The maximum atomic E-state index is 4.42. The number of H-pyrrole nitrogens is 1. The fraction of sp³-hybridized carbons (Fsp3) is 0.462. The van der Waals surface area contributed by atoms with E-state index < -0.39 is 0 Å². The van der Waals surface area contributed by atoms with Crippen LogP contribution in [-0.2, 0) is 0 Å². The summed E-state index contributed by atoms with van der Waals surface area (Å²) in [5, 5.41) is 8.68. The Morgan fingerprint density at radius 2 is 2.28 bits per heavy atom. The topological polar surface area (TPSA) is 58.9 Å². The monoisotopic (exact) mass is 241 g/mol. The van der Waals surface area contributed by atoms with Crippen LogP contribution >= 0.6 is 0 Å². The summed E-state index contributed by atoms with van der Waals surface area (Å²) in [5.74, 6) is 2.32. The zero-order valence-electron chi connectivity index (χ0n) is 10.3. The van der Waals surface area contributed by atoms with Gasteiger partial charge in [0, 0.05) is 12.1 Å².